The minimum absolute atomic E-state index is 0.0709. The summed E-state index contributed by atoms with van der Waals surface area (Å²) in [5.41, 5.74) is 0.270. The van der Waals surface area contributed by atoms with E-state index in [1.807, 2.05) is 0 Å². The monoisotopic (exact) mass is 282 g/mol. The highest BCUT2D eigenvalue weighted by Gasteiger charge is 2.42. The van der Waals surface area contributed by atoms with Crippen LogP contribution in [0.3, 0.4) is 0 Å². The van der Waals surface area contributed by atoms with Crippen molar-refractivity contribution in [3.8, 4) is 0 Å². The fourth-order valence-corrected chi connectivity index (χ4v) is 2.92. The molecule has 19 heavy (non-hydrogen) atoms. The summed E-state index contributed by atoms with van der Waals surface area (Å²) in [6.07, 6.45) is 1.49. The van der Waals surface area contributed by atoms with Crippen molar-refractivity contribution < 1.29 is 14.0 Å². The molecule has 0 bridgehead atoms. The van der Waals surface area contributed by atoms with Crippen LogP contribution in [0, 0.1) is 5.82 Å². The molecule has 3 rings (SSSR count). The number of nitrogens with zero attached hydrogens (tertiary/aromatic N) is 2. The fraction of sp³-hybridized carbons (Fsp3) is 0.385. The Hall–Kier alpha value is -1.62. The van der Waals surface area contributed by atoms with Gasteiger partial charge in [-0.15, -0.1) is 0 Å². The molecule has 2 amide bonds. The summed E-state index contributed by atoms with van der Waals surface area (Å²) < 4.78 is 13.3. The van der Waals surface area contributed by atoms with Gasteiger partial charge in [0, 0.05) is 6.54 Å². The molecule has 2 saturated heterocycles. The van der Waals surface area contributed by atoms with Gasteiger partial charge in [-0.2, -0.15) is 0 Å². The maximum absolute atomic E-state index is 13.3. The smallest absolute Gasteiger partial charge is 0.250 e. The van der Waals surface area contributed by atoms with Crippen molar-refractivity contribution >= 4 is 29.1 Å². The molecule has 0 saturated carbocycles. The number of halogens is 2. The Balaban J connectivity index is 1.98. The third kappa shape index (κ3) is 1.98. The zero-order valence-corrected chi connectivity index (χ0v) is 10.9. The van der Waals surface area contributed by atoms with E-state index in [2.05, 4.69) is 0 Å². The Morgan fingerprint density at radius 2 is 2.11 bits per heavy atom. The predicted molar refractivity (Wildman–Crippen MR) is 68.5 cm³/mol. The van der Waals surface area contributed by atoms with Gasteiger partial charge in [-0.05, 0) is 31.0 Å². The standard InChI is InChI=1S/C13H12ClFN2O2/c14-9-4-3-8(15)6-11(9)17-7-12(18)16-5-1-2-10(16)13(17)19/h3-4,6,10H,1-2,5,7H2. The van der Waals surface area contributed by atoms with Gasteiger partial charge in [0.25, 0.3) is 0 Å². The topological polar surface area (TPSA) is 40.6 Å². The van der Waals surface area contributed by atoms with Crippen LogP contribution in [0.4, 0.5) is 10.1 Å². The molecule has 1 aromatic carbocycles. The van der Waals surface area contributed by atoms with Crippen LogP contribution in [0.2, 0.25) is 5.02 Å². The van der Waals surface area contributed by atoms with Gasteiger partial charge < -0.3 is 4.90 Å². The molecule has 2 aliphatic heterocycles. The first-order valence-electron chi connectivity index (χ1n) is 6.14. The quantitative estimate of drug-likeness (QED) is 0.788. The number of fused-ring (bicyclic) bond motifs is 1. The number of rotatable bonds is 1. The summed E-state index contributed by atoms with van der Waals surface area (Å²) in [5, 5.41) is 0.272. The zero-order chi connectivity index (χ0) is 13.6. The predicted octanol–water partition coefficient (Wildman–Crippen LogP) is 1.82. The minimum atomic E-state index is -0.478. The lowest BCUT2D eigenvalue weighted by Crippen LogP contribution is -2.57. The van der Waals surface area contributed by atoms with Crippen LogP contribution in [-0.2, 0) is 9.59 Å². The third-order valence-corrected chi connectivity index (χ3v) is 3.94. The Morgan fingerprint density at radius 1 is 1.32 bits per heavy atom. The number of hydrogen-bond donors (Lipinski definition) is 0. The number of piperazine rings is 1. The van der Waals surface area contributed by atoms with Gasteiger partial charge in [-0.3, -0.25) is 14.5 Å². The van der Waals surface area contributed by atoms with Gasteiger partial charge in [0.15, 0.2) is 0 Å². The van der Waals surface area contributed by atoms with Gasteiger partial charge in [-0.25, -0.2) is 4.39 Å². The van der Waals surface area contributed by atoms with E-state index in [9.17, 15) is 14.0 Å². The summed E-state index contributed by atoms with van der Waals surface area (Å²) in [6, 6.07) is 3.40. The molecule has 2 aliphatic rings. The molecule has 100 valence electrons. The maximum atomic E-state index is 13.3. The van der Waals surface area contributed by atoms with E-state index in [0.717, 1.165) is 6.42 Å². The van der Waals surface area contributed by atoms with E-state index in [1.54, 1.807) is 4.90 Å². The van der Waals surface area contributed by atoms with Crippen molar-refractivity contribution in [3.05, 3.63) is 29.0 Å². The lowest BCUT2D eigenvalue weighted by atomic mass is 10.1. The Labute approximate surface area is 114 Å². The van der Waals surface area contributed by atoms with E-state index >= 15 is 0 Å². The second-order valence-electron chi connectivity index (χ2n) is 4.77. The van der Waals surface area contributed by atoms with Crippen LogP contribution in [0.15, 0.2) is 18.2 Å². The fourth-order valence-electron chi connectivity index (χ4n) is 2.70. The van der Waals surface area contributed by atoms with Crippen LogP contribution >= 0.6 is 11.6 Å². The minimum Gasteiger partial charge on any atom is -0.329 e. The lowest BCUT2D eigenvalue weighted by Gasteiger charge is -2.36. The average molecular weight is 283 g/mol. The van der Waals surface area contributed by atoms with E-state index in [-0.39, 0.29) is 29.1 Å². The normalized spacial score (nSPS) is 22.9. The summed E-state index contributed by atoms with van der Waals surface area (Å²) in [7, 11) is 0. The second-order valence-corrected chi connectivity index (χ2v) is 5.17. The van der Waals surface area contributed by atoms with Crippen LogP contribution in [0.25, 0.3) is 0 Å². The van der Waals surface area contributed by atoms with Crippen molar-refractivity contribution in [2.45, 2.75) is 18.9 Å². The summed E-state index contributed by atoms with van der Waals surface area (Å²) in [4.78, 5) is 27.3. The molecule has 1 aromatic rings. The summed E-state index contributed by atoms with van der Waals surface area (Å²) >= 11 is 6.00. The Bertz CT molecular complexity index is 564. The van der Waals surface area contributed by atoms with Crippen LogP contribution < -0.4 is 4.90 Å². The van der Waals surface area contributed by atoms with E-state index < -0.39 is 11.9 Å². The summed E-state index contributed by atoms with van der Waals surface area (Å²) in [6.45, 7) is 0.554. The van der Waals surface area contributed by atoms with Crippen molar-refractivity contribution in [2.75, 3.05) is 18.0 Å². The number of hydrogen-bond acceptors (Lipinski definition) is 2. The molecule has 1 atom stereocenters. The SMILES string of the molecule is O=C1C2CCCN2C(=O)CN1c1cc(F)ccc1Cl. The van der Waals surface area contributed by atoms with Crippen molar-refractivity contribution in [1.82, 2.24) is 4.90 Å². The molecule has 2 heterocycles. The largest absolute Gasteiger partial charge is 0.329 e. The number of amides is 2. The van der Waals surface area contributed by atoms with Crippen molar-refractivity contribution in [2.24, 2.45) is 0 Å². The Morgan fingerprint density at radius 3 is 2.89 bits per heavy atom. The van der Waals surface area contributed by atoms with Gasteiger partial charge in [-0.1, -0.05) is 11.6 Å². The third-order valence-electron chi connectivity index (χ3n) is 3.62. The molecule has 0 spiro atoms. The molecule has 4 nitrogen and oxygen atoms in total. The molecule has 6 heteroatoms. The average Bonchev–Trinajstić information content (AvgIpc) is 2.87. The second kappa shape index (κ2) is 4.49. The van der Waals surface area contributed by atoms with Crippen LogP contribution in [-0.4, -0.2) is 35.8 Å². The zero-order valence-electron chi connectivity index (χ0n) is 10.1. The number of carbonyl (C=O) groups excluding carboxylic acids is 2. The lowest BCUT2D eigenvalue weighted by molar-refractivity contribution is -0.140. The van der Waals surface area contributed by atoms with E-state index in [1.165, 1.54) is 23.1 Å². The van der Waals surface area contributed by atoms with Gasteiger partial charge >= 0.3 is 0 Å². The van der Waals surface area contributed by atoms with E-state index in [0.29, 0.717) is 13.0 Å². The first kappa shape index (κ1) is 12.4. The van der Waals surface area contributed by atoms with Gasteiger partial charge in [0.1, 0.15) is 18.4 Å². The van der Waals surface area contributed by atoms with Crippen molar-refractivity contribution in [3.63, 3.8) is 0 Å². The number of anilines is 1. The molecule has 0 aliphatic carbocycles. The number of carbonyl (C=O) groups is 2. The molecular formula is C13H12ClFN2O2. The molecule has 0 aromatic heterocycles. The molecule has 1 unspecified atom stereocenters. The molecule has 0 radical (unpaired) electrons. The molecular weight excluding hydrogens is 271 g/mol. The highest BCUT2D eigenvalue weighted by atomic mass is 35.5. The van der Waals surface area contributed by atoms with Crippen molar-refractivity contribution in [1.29, 1.82) is 0 Å². The first-order chi connectivity index (χ1) is 9.08. The Kier molecular flexibility index (Phi) is 2.93. The van der Waals surface area contributed by atoms with Gasteiger partial charge in [0.05, 0.1) is 10.7 Å². The maximum Gasteiger partial charge on any atom is 0.250 e. The molecule has 0 N–H and O–H groups in total. The highest BCUT2D eigenvalue weighted by Crippen LogP contribution is 2.32. The van der Waals surface area contributed by atoms with E-state index in [4.69, 9.17) is 11.6 Å². The summed E-state index contributed by atoms with van der Waals surface area (Å²) in [5.74, 6) is -0.763. The first-order valence-corrected chi connectivity index (χ1v) is 6.51. The molecule has 2 fully saturated rings. The van der Waals surface area contributed by atoms with Crippen LogP contribution in [0.1, 0.15) is 12.8 Å². The van der Waals surface area contributed by atoms with Gasteiger partial charge in [0.2, 0.25) is 11.8 Å². The highest BCUT2D eigenvalue weighted by molar-refractivity contribution is 6.34. The number of benzene rings is 1. The van der Waals surface area contributed by atoms with Crippen LogP contribution in [0.5, 0.6) is 0 Å².